The minimum atomic E-state index is 0.233. The second kappa shape index (κ2) is 4.63. The maximum Gasteiger partial charge on any atom is 0.0252 e. The first-order valence-corrected chi connectivity index (χ1v) is 6.01. The molecule has 14 heavy (non-hydrogen) atoms. The van der Waals surface area contributed by atoms with Crippen LogP contribution in [0.4, 0.5) is 0 Å². The van der Waals surface area contributed by atoms with E-state index < -0.39 is 0 Å². The second-order valence-corrected chi connectivity index (χ2v) is 5.28. The molecule has 0 spiro atoms. The minimum Gasteiger partial charge on any atom is -0.312 e. The first-order chi connectivity index (χ1) is 6.50. The maximum atomic E-state index is 3.72. The molecule has 2 unspecified atom stereocenters. The third-order valence-corrected chi connectivity index (χ3v) is 3.49. The van der Waals surface area contributed by atoms with E-state index in [2.05, 4.69) is 45.3 Å². The monoisotopic (exact) mass is 198 g/mol. The summed E-state index contributed by atoms with van der Waals surface area (Å²) in [5, 5.41) is 7.41. The van der Waals surface area contributed by atoms with Crippen molar-refractivity contribution in [2.24, 2.45) is 5.92 Å². The van der Waals surface area contributed by atoms with E-state index in [4.69, 9.17) is 0 Å². The van der Waals surface area contributed by atoms with Crippen LogP contribution in [0.2, 0.25) is 0 Å². The second-order valence-electron chi connectivity index (χ2n) is 5.28. The van der Waals surface area contributed by atoms with E-state index in [1.165, 1.54) is 12.8 Å². The molecule has 1 fully saturated rings. The van der Waals surface area contributed by atoms with E-state index in [-0.39, 0.29) is 5.54 Å². The molecule has 3 atom stereocenters. The SMILES string of the molecule is CCC1NCC(C)(C)N[C@H](C)C1CC. The molecule has 2 nitrogen and oxygen atoms in total. The first-order valence-electron chi connectivity index (χ1n) is 6.01. The molecule has 2 heteroatoms. The highest BCUT2D eigenvalue weighted by Crippen LogP contribution is 2.22. The summed E-state index contributed by atoms with van der Waals surface area (Å²) in [4.78, 5) is 0. The highest BCUT2D eigenvalue weighted by molar-refractivity contribution is 4.94. The van der Waals surface area contributed by atoms with Crippen LogP contribution < -0.4 is 10.6 Å². The van der Waals surface area contributed by atoms with Gasteiger partial charge in [0.05, 0.1) is 0 Å². The van der Waals surface area contributed by atoms with Gasteiger partial charge in [0.2, 0.25) is 0 Å². The zero-order chi connectivity index (χ0) is 10.8. The van der Waals surface area contributed by atoms with Crippen molar-refractivity contribution in [3.05, 3.63) is 0 Å². The molecule has 0 aromatic rings. The molecule has 1 aliphatic rings. The average molecular weight is 198 g/mol. The predicted octanol–water partition coefficient (Wildman–Crippen LogP) is 2.15. The molecular formula is C12H26N2. The normalized spacial score (nSPS) is 37.9. The van der Waals surface area contributed by atoms with Gasteiger partial charge in [-0.3, -0.25) is 0 Å². The Hall–Kier alpha value is -0.0800. The quantitative estimate of drug-likeness (QED) is 0.710. The summed E-state index contributed by atoms with van der Waals surface area (Å²) in [7, 11) is 0. The van der Waals surface area contributed by atoms with Gasteiger partial charge in [0.1, 0.15) is 0 Å². The lowest BCUT2D eigenvalue weighted by Gasteiger charge is -2.30. The van der Waals surface area contributed by atoms with Crippen molar-refractivity contribution in [1.29, 1.82) is 0 Å². The Kier molecular flexibility index (Phi) is 3.96. The number of nitrogens with one attached hydrogen (secondary N) is 2. The van der Waals surface area contributed by atoms with Crippen LogP contribution in [0.3, 0.4) is 0 Å². The first kappa shape index (κ1) is 12.0. The summed E-state index contributed by atoms with van der Waals surface area (Å²) < 4.78 is 0. The van der Waals surface area contributed by atoms with Gasteiger partial charge < -0.3 is 10.6 Å². The van der Waals surface area contributed by atoms with Crippen LogP contribution in [0.5, 0.6) is 0 Å². The molecule has 2 N–H and O–H groups in total. The van der Waals surface area contributed by atoms with Gasteiger partial charge in [0, 0.05) is 24.2 Å². The molecule has 1 heterocycles. The van der Waals surface area contributed by atoms with Crippen molar-refractivity contribution in [2.45, 2.75) is 65.1 Å². The fraction of sp³-hybridized carbons (Fsp3) is 1.00. The van der Waals surface area contributed by atoms with Gasteiger partial charge in [-0.25, -0.2) is 0 Å². The predicted molar refractivity (Wildman–Crippen MR) is 62.5 cm³/mol. The van der Waals surface area contributed by atoms with E-state index >= 15 is 0 Å². The molecular weight excluding hydrogens is 172 g/mol. The molecule has 84 valence electrons. The van der Waals surface area contributed by atoms with Crippen LogP contribution in [0, 0.1) is 5.92 Å². The highest BCUT2D eigenvalue weighted by Gasteiger charge is 2.32. The fourth-order valence-electron chi connectivity index (χ4n) is 2.75. The zero-order valence-corrected chi connectivity index (χ0v) is 10.4. The van der Waals surface area contributed by atoms with Gasteiger partial charge in [0.25, 0.3) is 0 Å². The molecule has 0 aliphatic carbocycles. The molecule has 0 aromatic heterocycles. The van der Waals surface area contributed by atoms with Crippen molar-refractivity contribution in [3.8, 4) is 0 Å². The van der Waals surface area contributed by atoms with Crippen molar-refractivity contribution < 1.29 is 0 Å². The molecule has 0 radical (unpaired) electrons. The van der Waals surface area contributed by atoms with Crippen molar-refractivity contribution in [1.82, 2.24) is 10.6 Å². The van der Waals surface area contributed by atoms with E-state index in [0.29, 0.717) is 12.1 Å². The Morgan fingerprint density at radius 3 is 2.36 bits per heavy atom. The maximum absolute atomic E-state index is 3.72. The lowest BCUT2D eigenvalue weighted by molar-refractivity contribution is 0.286. The Morgan fingerprint density at radius 2 is 1.86 bits per heavy atom. The lowest BCUT2D eigenvalue weighted by atomic mass is 9.89. The van der Waals surface area contributed by atoms with E-state index in [1.54, 1.807) is 0 Å². The highest BCUT2D eigenvalue weighted by atomic mass is 15.1. The van der Waals surface area contributed by atoms with Crippen molar-refractivity contribution in [3.63, 3.8) is 0 Å². The molecule has 0 bridgehead atoms. The third kappa shape index (κ3) is 2.71. The summed E-state index contributed by atoms with van der Waals surface area (Å²) in [6.45, 7) is 12.5. The summed E-state index contributed by atoms with van der Waals surface area (Å²) >= 11 is 0. The zero-order valence-electron chi connectivity index (χ0n) is 10.4. The topological polar surface area (TPSA) is 24.1 Å². The van der Waals surface area contributed by atoms with Crippen LogP contribution in [-0.2, 0) is 0 Å². The van der Waals surface area contributed by atoms with Crippen LogP contribution in [-0.4, -0.2) is 24.2 Å². The smallest absolute Gasteiger partial charge is 0.0252 e. The number of hydrogen-bond acceptors (Lipinski definition) is 2. The van der Waals surface area contributed by atoms with Crippen LogP contribution >= 0.6 is 0 Å². The number of rotatable bonds is 2. The van der Waals surface area contributed by atoms with Gasteiger partial charge in [0.15, 0.2) is 0 Å². The van der Waals surface area contributed by atoms with Gasteiger partial charge in [-0.05, 0) is 33.1 Å². The third-order valence-electron chi connectivity index (χ3n) is 3.49. The van der Waals surface area contributed by atoms with Crippen LogP contribution in [0.25, 0.3) is 0 Å². The van der Waals surface area contributed by atoms with Crippen LogP contribution in [0.1, 0.15) is 47.5 Å². The Bertz CT molecular complexity index is 177. The van der Waals surface area contributed by atoms with Gasteiger partial charge in [-0.15, -0.1) is 0 Å². The van der Waals surface area contributed by atoms with Gasteiger partial charge >= 0.3 is 0 Å². The molecule has 1 saturated heterocycles. The Balaban J connectivity index is 2.73. The van der Waals surface area contributed by atoms with Gasteiger partial charge in [-0.2, -0.15) is 0 Å². The molecule has 0 amide bonds. The standard InChI is InChI=1S/C12H26N2/c1-6-10-9(3)14-12(4,5)8-13-11(10)7-2/h9-11,13-14H,6-8H2,1-5H3/t9-,10?,11?/m1/s1. The lowest BCUT2D eigenvalue weighted by Crippen LogP contribution is -2.48. The molecule has 1 aliphatic heterocycles. The van der Waals surface area contributed by atoms with E-state index in [9.17, 15) is 0 Å². The molecule has 0 saturated carbocycles. The van der Waals surface area contributed by atoms with Crippen LogP contribution in [0.15, 0.2) is 0 Å². The minimum absolute atomic E-state index is 0.233. The van der Waals surface area contributed by atoms with E-state index in [1.807, 2.05) is 0 Å². The van der Waals surface area contributed by atoms with E-state index in [0.717, 1.165) is 12.5 Å². The molecule has 1 rings (SSSR count). The van der Waals surface area contributed by atoms with Crippen molar-refractivity contribution >= 4 is 0 Å². The Morgan fingerprint density at radius 1 is 1.21 bits per heavy atom. The van der Waals surface area contributed by atoms with Gasteiger partial charge in [-0.1, -0.05) is 20.3 Å². The Labute approximate surface area is 88.8 Å². The molecule has 0 aromatic carbocycles. The average Bonchev–Trinajstić information content (AvgIpc) is 2.20. The number of hydrogen-bond donors (Lipinski definition) is 2. The summed E-state index contributed by atoms with van der Waals surface area (Å²) in [5.74, 6) is 0.766. The summed E-state index contributed by atoms with van der Waals surface area (Å²) in [6, 6.07) is 1.30. The fourth-order valence-corrected chi connectivity index (χ4v) is 2.75. The largest absolute Gasteiger partial charge is 0.312 e. The van der Waals surface area contributed by atoms with Crippen molar-refractivity contribution in [2.75, 3.05) is 6.54 Å². The summed E-state index contributed by atoms with van der Waals surface area (Å²) in [5.41, 5.74) is 0.233. The summed E-state index contributed by atoms with van der Waals surface area (Å²) in [6.07, 6.45) is 2.50.